The van der Waals surface area contributed by atoms with Crippen molar-refractivity contribution in [1.29, 1.82) is 0 Å². The molecule has 0 spiro atoms. The summed E-state index contributed by atoms with van der Waals surface area (Å²) >= 11 is 0. The van der Waals surface area contributed by atoms with Crippen molar-refractivity contribution in [1.82, 2.24) is 9.80 Å². The molecule has 2 aliphatic rings. The number of piperazine rings is 1. The van der Waals surface area contributed by atoms with Crippen molar-refractivity contribution in [3.63, 3.8) is 0 Å². The lowest BCUT2D eigenvalue weighted by molar-refractivity contribution is -0.0564. The Labute approximate surface area is 121 Å². The minimum Gasteiger partial charge on any atom is -0.350 e. The van der Waals surface area contributed by atoms with Gasteiger partial charge in [0.1, 0.15) is 0 Å². The van der Waals surface area contributed by atoms with E-state index < -0.39 is 0 Å². The van der Waals surface area contributed by atoms with Gasteiger partial charge < -0.3 is 14.4 Å². The molecule has 1 unspecified atom stereocenters. The van der Waals surface area contributed by atoms with E-state index >= 15 is 0 Å². The van der Waals surface area contributed by atoms with E-state index in [1.807, 2.05) is 0 Å². The quantitative estimate of drug-likeness (QED) is 0.836. The van der Waals surface area contributed by atoms with Crippen LogP contribution < -0.4 is 0 Å². The van der Waals surface area contributed by atoms with E-state index in [4.69, 9.17) is 9.47 Å². The number of hydrogen-bond donors (Lipinski definition) is 0. The third-order valence-corrected chi connectivity index (χ3v) is 4.22. The minimum atomic E-state index is 0.00563. The first-order valence-electron chi connectivity index (χ1n) is 7.53. The summed E-state index contributed by atoms with van der Waals surface area (Å²) in [6, 6.07) is 11.3. The summed E-state index contributed by atoms with van der Waals surface area (Å²) in [5.41, 5.74) is 1.41. The van der Waals surface area contributed by atoms with E-state index in [1.165, 1.54) is 5.56 Å². The van der Waals surface area contributed by atoms with Gasteiger partial charge in [-0.05, 0) is 12.6 Å². The van der Waals surface area contributed by atoms with Gasteiger partial charge in [-0.3, -0.25) is 4.90 Å². The standard InChI is InChI=1S/C16H24N2O2/c1-17-9-10-18(8-7-16-19-11-12-20-16)15(13-17)14-5-3-2-4-6-14/h2-6,15-16H,7-13H2,1H3. The number of rotatable bonds is 4. The lowest BCUT2D eigenvalue weighted by Gasteiger charge is -2.40. The van der Waals surface area contributed by atoms with Gasteiger partial charge in [0.25, 0.3) is 0 Å². The normalized spacial score (nSPS) is 26.1. The molecule has 3 rings (SSSR count). The van der Waals surface area contributed by atoms with Gasteiger partial charge in [-0.2, -0.15) is 0 Å². The molecule has 20 heavy (non-hydrogen) atoms. The van der Waals surface area contributed by atoms with Gasteiger partial charge in [0.15, 0.2) is 6.29 Å². The van der Waals surface area contributed by atoms with E-state index in [2.05, 4.69) is 47.2 Å². The SMILES string of the molecule is CN1CCN(CCC2OCCO2)C(c2ccccc2)C1. The monoisotopic (exact) mass is 276 g/mol. The fraction of sp³-hybridized carbons (Fsp3) is 0.625. The Kier molecular flexibility index (Phi) is 4.68. The van der Waals surface area contributed by atoms with Gasteiger partial charge in [0.2, 0.25) is 0 Å². The molecule has 2 saturated heterocycles. The number of likely N-dealkylation sites (N-methyl/N-ethyl adjacent to an activating group) is 1. The topological polar surface area (TPSA) is 24.9 Å². The fourth-order valence-corrected chi connectivity index (χ4v) is 3.06. The highest BCUT2D eigenvalue weighted by molar-refractivity contribution is 5.20. The zero-order chi connectivity index (χ0) is 13.8. The largest absolute Gasteiger partial charge is 0.350 e. The van der Waals surface area contributed by atoms with Crippen molar-refractivity contribution in [2.45, 2.75) is 18.8 Å². The Morgan fingerprint density at radius 2 is 1.85 bits per heavy atom. The van der Waals surface area contributed by atoms with Crippen molar-refractivity contribution in [2.75, 3.05) is 46.4 Å². The highest BCUT2D eigenvalue weighted by Gasteiger charge is 2.27. The van der Waals surface area contributed by atoms with Crippen molar-refractivity contribution in [2.24, 2.45) is 0 Å². The third-order valence-electron chi connectivity index (χ3n) is 4.22. The van der Waals surface area contributed by atoms with Crippen LogP contribution >= 0.6 is 0 Å². The first-order valence-corrected chi connectivity index (χ1v) is 7.53. The molecule has 0 amide bonds. The van der Waals surface area contributed by atoms with Crippen LogP contribution in [0.15, 0.2) is 30.3 Å². The summed E-state index contributed by atoms with van der Waals surface area (Å²) in [4.78, 5) is 4.98. The lowest BCUT2D eigenvalue weighted by atomic mass is 10.0. The van der Waals surface area contributed by atoms with Crippen LogP contribution in [0.3, 0.4) is 0 Å². The molecular weight excluding hydrogens is 252 g/mol. The molecule has 0 aromatic heterocycles. The second kappa shape index (κ2) is 6.68. The van der Waals surface area contributed by atoms with E-state index in [0.29, 0.717) is 6.04 Å². The lowest BCUT2D eigenvalue weighted by Crippen LogP contribution is -2.47. The predicted octanol–water partition coefficient (Wildman–Crippen LogP) is 1.74. The average Bonchev–Trinajstić information content (AvgIpc) is 3.00. The van der Waals surface area contributed by atoms with E-state index in [-0.39, 0.29) is 6.29 Å². The van der Waals surface area contributed by atoms with E-state index in [9.17, 15) is 0 Å². The summed E-state index contributed by atoms with van der Waals surface area (Å²) in [5, 5.41) is 0. The van der Waals surface area contributed by atoms with Gasteiger partial charge >= 0.3 is 0 Å². The van der Waals surface area contributed by atoms with Gasteiger partial charge in [-0.1, -0.05) is 30.3 Å². The fourth-order valence-electron chi connectivity index (χ4n) is 3.06. The summed E-state index contributed by atoms with van der Waals surface area (Å²) in [7, 11) is 2.20. The molecule has 1 aromatic carbocycles. The van der Waals surface area contributed by atoms with Gasteiger partial charge in [-0.25, -0.2) is 0 Å². The molecule has 4 heteroatoms. The highest BCUT2D eigenvalue weighted by Crippen LogP contribution is 2.25. The van der Waals surface area contributed by atoms with Gasteiger partial charge in [0, 0.05) is 38.6 Å². The summed E-state index contributed by atoms with van der Waals surface area (Å²) in [6.07, 6.45) is 0.971. The Morgan fingerprint density at radius 1 is 1.10 bits per heavy atom. The molecule has 2 aliphatic heterocycles. The van der Waals surface area contributed by atoms with Crippen LogP contribution in [0.5, 0.6) is 0 Å². The molecular formula is C16H24N2O2. The van der Waals surface area contributed by atoms with Crippen molar-refractivity contribution < 1.29 is 9.47 Å². The second-order valence-electron chi connectivity index (χ2n) is 5.68. The Balaban J connectivity index is 1.63. The van der Waals surface area contributed by atoms with Crippen LogP contribution in [0, 0.1) is 0 Å². The van der Waals surface area contributed by atoms with Crippen LogP contribution in [0.4, 0.5) is 0 Å². The zero-order valence-electron chi connectivity index (χ0n) is 12.2. The molecule has 2 heterocycles. The Hall–Kier alpha value is -0.940. The molecule has 4 nitrogen and oxygen atoms in total. The van der Waals surface area contributed by atoms with Crippen LogP contribution in [0.2, 0.25) is 0 Å². The number of ether oxygens (including phenoxy) is 2. The summed E-state index contributed by atoms with van der Waals surface area (Å²) in [5.74, 6) is 0. The molecule has 0 bridgehead atoms. The average molecular weight is 276 g/mol. The van der Waals surface area contributed by atoms with Crippen LogP contribution in [-0.2, 0) is 9.47 Å². The summed E-state index contributed by atoms with van der Waals surface area (Å²) in [6.45, 7) is 5.87. The maximum atomic E-state index is 5.55. The van der Waals surface area contributed by atoms with Crippen molar-refractivity contribution >= 4 is 0 Å². The molecule has 0 aliphatic carbocycles. The van der Waals surface area contributed by atoms with E-state index in [1.54, 1.807) is 0 Å². The molecule has 0 radical (unpaired) electrons. The molecule has 1 atom stereocenters. The molecule has 1 aromatic rings. The Bertz CT molecular complexity index is 406. The van der Waals surface area contributed by atoms with Crippen molar-refractivity contribution in [3.8, 4) is 0 Å². The second-order valence-corrected chi connectivity index (χ2v) is 5.68. The van der Waals surface area contributed by atoms with E-state index in [0.717, 1.165) is 45.8 Å². The minimum absolute atomic E-state index is 0.00563. The molecule has 0 N–H and O–H groups in total. The predicted molar refractivity (Wildman–Crippen MR) is 78.6 cm³/mol. The number of hydrogen-bond acceptors (Lipinski definition) is 4. The smallest absolute Gasteiger partial charge is 0.159 e. The van der Waals surface area contributed by atoms with Gasteiger partial charge in [0.05, 0.1) is 13.2 Å². The molecule has 2 fully saturated rings. The highest BCUT2D eigenvalue weighted by atomic mass is 16.7. The summed E-state index contributed by atoms with van der Waals surface area (Å²) < 4.78 is 11.1. The van der Waals surface area contributed by atoms with Crippen LogP contribution in [-0.4, -0.2) is 62.5 Å². The Morgan fingerprint density at radius 3 is 2.60 bits per heavy atom. The van der Waals surface area contributed by atoms with Crippen molar-refractivity contribution in [3.05, 3.63) is 35.9 Å². The zero-order valence-corrected chi connectivity index (χ0v) is 12.2. The molecule has 0 saturated carbocycles. The third kappa shape index (κ3) is 3.38. The van der Waals surface area contributed by atoms with Crippen LogP contribution in [0.1, 0.15) is 18.0 Å². The number of nitrogens with zero attached hydrogens (tertiary/aromatic N) is 2. The maximum Gasteiger partial charge on any atom is 0.159 e. The van der Waals surface area contributed by atoms with Gasteiger partial charge in [-0.15, -0.1) is 0 Å². The first kappa shape index (κ1) is 14.0. The number of benzene rings is 1. The van der Waals surface area contributed by atoms with Crippen LogP contribution in [0.25, 0.3) is 0 Å². The molecule has 110 valence electrons. The first-order chi connectivity index (χ1) is 9.83. The maximum absolute atomic E-state index is 5.55.